The molecule has 6 heteroatoms. The number of phenols is 1. The van der Waals surface area contributed by atoms with Crippen LogP contribution in [0.4, 0.5) is 0 Å². The van der Waals surface area contributed by atoms with Gasteiger partial charge in [-0.05, 0) is 12.5 Å². The summed E-state index contributed by atoms with van der Waals surface area (Å²) in [6.45, 7) is 2.01. The minimum absolute atomic E-state index is 0.0250. The first-order chi connectivity index (χ1) is 10.0. The van der Waals surface area contributed by atoms with Crippen molar-refractivity contribution in [2.24, 2.45) is 0 Å². The van der Waals surface area contributed by atoms with E-state index in [1.807, 2.05) is 6.92 Å². The zero-order chi connectivity index (χ0) is 15.4. The van der Waals surface area contributed by atoms with Gasteiger partial charge in [0.05, 0.1) is 11.8 Å². The first-order valence-corrected chi connectivity index (χ1v) is 8.02. The Bertz CT molecular complexity index is 534. The van der Waals surface area contributed by atoms with E-state index in [1.165, 1.54) is 22.7 Å². The highest BCUT2D eigenvalue weighted by Crippen LogP contribution is 2.33. The van der Waals surface area contributed by atoms with E-state index in [2.05, 4.69) is 0 Å². The molecule has 1 saturated heterocycles. The van der Waals surface area contributed by atoms with Crippen molar-refractivity contribution in [3.63, 3.8) is 0 Å². The third kappa shape index (κ3) is 3.50. The Morgan fingerprint density at radius 1 is 1.38 bits per heavy atom. The summed E-state index contributed by atoms with van der Waals surface area (Å²) in [4.78, 5) is 25.3. The van der Waals surface area contributed by atoms with Gasteiger partial charge in [0.1, 0.15) is 11.8 Å². The number of amides is 1. The van der Waals surface area contributed by atoms with Crippen LogP contribution in [0.3, 0.4) is 0 Å². The molecule has 0 bridgehead atoms. The molecule has 1 aromatic carbocycles. The first-order valence-electron chi connectivity index (χ1n) is 6.97. The molecule has 2 unspecified atom stereocenters. The predicted octanol–water partition coefficient (Wildman–Crippen LogP) is 2.09. The Kier molecular flexibility index (Phi) is 5.12. The van der Waals surface area contributed by atoms with Crippen LogP contribution in [0.1, 0.15) is 25.3 Å². The van der Waals surface area contributed by atoms with Crippen molar-refractivity contribution in [3.05, 3.63) is 29.8 Å². The predicted molar refractivity (Wildman–Crippen MR) is 81.2 cm³/mol. The lowest BCUT2D eigenvalue weighted by atomic mass is 10.1. The number of thioether (sulfide) groups is 1. The average molecular weight is 309 g/mol. The van der Waals surface area contributed by atoms with Gasteiger partial charge in [-0.2, -0.15) is 0 Å². The highest BCUT2D eigenvalue weighted by atomic mass is 32.2. The van der Waals surface area contributed by atoms with Gasteiger partial charge >= 0.3 is 5.97 Å². The van der Waals surface area contributed by atoms with Crippen molar-refractivity contribution in [1.82, 2.24) is 4.90 Å². The number of hydrogen-bond donors (Lipinski definition) is 2. The first kappa shape index (κ1) is 15.7. The lowest BCUT2D eigenvalue weighted by molar-refractivity contribution is -0.148. The van der Waals surface area contributed by atoms with Gasteiger partial charge in [0.15, 0.2) is 0 Å². The van der Waals surface area contributed by atoms with Crippen LogP contribution in [0.25, 0.3) is 0 Å². The molecule has 0 radical (unpaired) electrons. The van der Waals surface area contributed by atoms with Gasteiger partial charge in [-0.15, -0.1) is 11.8 Å². The van der Waals surface area contributed by atoms with Crippen LogP contribution >= 0.6 is 11.8 Å². The number of benzene rings is 1. The lowest BCUT2D eigenvalue weighted by Gasteiger charge is -2.27. The molecule has 0 aliphatic carbocycles. The summed E-state index contributed by atoms with van der Waals surface area (Å²) < 4.78 is 0. The van der Waals surface area contributed by atoms with Crippen LogP contribution < -0.4 is 0 Å². The SMILES string of the molecule is CCCC1SCC(C(=O)O)N1C(=O)Cc1ccccc1O. The molecule has 0 saturated carbocycles. The fourth-order valence-corrected chi connectivity index (χ4v) is 4.01. The molecular formula is C15H19NO4S. The summed E-state index contributed by atoms with van der Waals surface area (Å²) in [5.41, 5.74) is 0.527. The number of carbonyl (C=O) groups is 2. The second kappa shape index (κ2) is 6.85. The van der Waals surface area contributed by atoms with Crippen LogP contribution in [0, 0.1) is 0 Å². The van der Waals surface area contributed by atoms with E-state index < -0.39 is 12.0 Å². The van der Waals surface area contributed by atoms with Crippen molar-refractivity contribution in [2.75, 3.05) is 5.75 Å². The van der Waals surface area contributed by atoms with Gasteiger partial charge in [0.2, 0.25) is 5.91 Å². The van der Waals surface area contributed by atoms with Crippen molar-refractivity contribution in [3.8, 4) is 5.75 Å². The second-order valence-corrected chi connectivity index (χ2v) is 6.25. The number of para-hydroxylation sites is 1. The van der Waals surface area contributed by atoms with Crippen molar-refractivity contribution < 1.29 is 19.8 Å². The standard InChI is InChI=1S/C15H19NO4S/c1-2-5-14-16(11(9-21-14)15(19)20)13(18)8-10-6-3-4-7-12(10)17/h3-4,6-7,11,14,17H,2,5,8-9H2,1H3,(H,19,20). The van der Waals surface area contributed by atoms with Crippen LogP contribution in [0.5, 0.6) is 5.75 Å². The van der Waals surface area contributed by atoms with E-state index in [0.29, 0.717) is 11.3 Å². The minimum Gasteiger partial charge on any atom is -0.508 e. The Morgan fingerprint density at radius 3 is 2.71 bits per heavy atom. The number of nitrogens with zero attached hydrogens (tertiary/aromatic N) is 1. The fraction of sp³-hybridized carbons (Fsp3) is 0.467. The third-order valence-corrected chi connectivity index (χ3v) is 4.89. The second-order valence-electron chi connectivity index (χ2n) is 5.04. The normalized spacial score (nSPS) is 21.5. The Balaban J connectivity index is 2.17. The largest absolute Gasteiger partial charge is 0.508 e. The number of phenolic OH excluding ortho intramolecular Hbond substituents is 1. The molecule has 114 valence electrons. The summed E-state index contributed by atoms with van der Waals surface area (Å²) in [7, 11) is 0. The maximum atomic E-state index is 12.5. The van der Waals surface area contributed by atoms with Crippen molar-refractivity contribution in [2.45, 2.75) is 37.6 Å². The summed E-state index contributed by atoms with van der Waals surface area (Å²) in [5.74, 6) is -0.720. The van der Waals surface area contributed by atoms with Gasteiger partial charge in [-0.25, -0.2) is 4.79 Å². The molecule has 1 aromatic rings. The molecule has 1 heterocycles. The van der Waals surface area contributed by atoms with E-state index in [4.69, 9.17) is 0 Å². The third-order valence-electron chi connectivity index (χ3n) is 3.53. The average Bonchev–Trinajstić information content (AvgIpc) is 2.86. The van der Waals surface area contributed by atoms with Gasteiger partial charge in [0, 0.05) is 11.3 Å². The molecule has 2 rings (SSSR count). The van der Waals surface area contributed by atoms with E-state index in [9.17, 15) is 19.8 Å². The molecule has 5 nitrogen and oxygen atoms in total. The number of carbonyl (C=O) groups excluding carboxylic acids is 1. The fourth-order valence-electron chi connectivity index (χ4n) is 2.47. The minimum atomic E-state index is -0.966. The number of carboxylic acids is 1. The lowest BCUT2D eigenvalue weighted by Crippen LogP contribution is -2.46. The van der Waals surface area contributed by atoms with Crippen LogP contribution in [0.15, 0.2) is 24.3 Å². The highest BCUT2D eigenvalue weighted by molar-refractivity contribution is 8.00. The molecule has 0 spiro atoms. The Labute approximate surface area is 128 Å². The molecule has 2 N–H and O–H groups in total. The molecule has 21 heavy (non-hydrogen) atoms. The maximum Gasteiger partial charge on any atom is 0.327 e. The van der Waals surface area contributed by atoms with Crippen molar-refractivity contribution in [1.29, 1.82) is 0 Å². The van der Waals surface area contributed by atoms with Gasteiger partial charge < -0.3 is 15.1 Å². The summed E-state index contributed by atoms with van der Waals surface area (Å²) in [5, 5.41) is 18.9. The van der Waals surface area contributed by atoms with E-state index in [1.54, 1.807) is 18.2 Å². The zero-order valence-corrected chi connectivity index (χ0v) is 12.7. The molecule has 2 atom stereocenters. The van der Waals surface area contributed by atoms with E-state index in [0.717, 1.165) is 12.8 Å². The molecule has 0 aromatic heterocycles. The number of aliphatic carboxylic acids is 1. The molecule has 1 fully saturated rings. The highest BCUT2D eigenvalue weighted by Gasteiger charge is 2.40. The van der Waals surface area contributed by atoms with Crippen LogP contribution in [0.2, 0.25) is 0 Å². The van der Waals surface area contributed by atoms with Crippen molar-refractivity contribution >= 4 is 23.6 Å². The van der Waals surface area contributed by atoms with E-state index in [-0.39, 0.29) is 23.5 Å². The molecular weight excluding hydrogens is 290 g/mol. The Hall–Kier alpha value is -1.69. The van der Waals surface area contributed by atoms with Gasteiger partial charge in [-0.1, -0.05) is 31.5 Å². The maximum absolute atomic E-state index is 12.5. The van der Waals surface area contributed by atoms with E-state index >= 15 is 0 Å². The monoisotopic (exact) mass is 309 g/mol. The van der Waals surface area contributed by atoms with Gasteiger partial charge in [0.25, 0.3) is 0 Å². The summed E-state index contributed by atoms with van der Waals surface area (Å²) in [6.07, 6.45) is 1.70. The van der Waals surface area contributed by atoms with Gasteiger partial charge in [-0.3, -0.25) is 4.79 Å². The smallest absolute Gasteiger partial charge is 0.327 e. The number of aromatic hydroxyl groups is 1. The molecule has 1 amide bonds. The topological polar surface area (TPSA) is 77.8 Å². The number of hydrogen-bond acceptors (Lipinski definition) is 4. The summed E-state index contributed by atoms with van der Waals surface area (Å²) >= 11 is 1.52. The Morgan fingerprint density at radius 2 is 2.10 bits per heavy atom. The molecule has 1 aliphatic heterocycles. The molecule has 1 aliphatic rings. The number of carboxylic acid groups (broad SMARTS) is 1. The zero-order valence-electron chi connectivity index (χ0n) is 11.9. The quantitative estimate of drug-likeness (QED) is 0.871. The number of rotatable bonds is 5. The summed E-state index contributed by atoms with van der Waals surface area (Å²) in [6, 6.07) is 5.87. The van der Waals surface area contributed by atoms with Crippen LogP contribution in [-0.2, 0) is 16.0 Å². The van der Waals surface area contributed by atoms with Crippen LogP contribution in [-0.4, -0.2) is 44.2 Å².